The summed E-state index contributed by atoms with van der Waals surface area (Å²) in [5.41, 5.74) is 1.16. The molecule has 1 atom stereocenters. The first-order valence-corrected chi connectivity index (χ1v) is 9.70. The summed E-state index contributed by atoms with van der Waals surface area (Å²) < 4.78 is 5.17. The van der Waals surface area contributed by atoms with E-state index in [0.29, 0.717) is 22.7 Å². The van der Waals surface area contributed by atoms with E-state index in [1.165, 1.54) is 11.3 Å². The van der Waals surface area contributed by atoms with Crippen LogP contribution in [0.25, 0.3) is 0 Å². The summed E-state index contributed by atoms with van der Waals surface area (Å²) in [7, 11) is 0. The molecule has 1 aromatic carbocycles. The van der Waals surface area contributed by atoms with Crippen LogP contribution in [0.1, 0.15) is 72.6 Å². The highest BCUT2D eigenvalue weighted by atomic mass is 32.1. The van der Waals surface area contributed by atoms with Crippen molar-refractivity contribution in [2.45, 2.75) is 47.0 Å². The number of benzene rings is 1. The van der Waals surface area contributed by atoms with E-state index in [0.717, 1.165) is 11.3 Å². The Balaban J connectivity index is 2.30. The van der Waals surface area contributed by atoms with Gasteiger partial charge in [-0.15, -0.1) is 11.3 Å². The number of anilines is 1. The van der Waals surface area contributed by atoms with Crippen molar-refractivity contribution >= 4 is 28.2 Å². The molecule has 0 saturated heterocycles. The van der Waals surface area contributed by atoms with Gasteiger partial charge in [-0.25, -0.2) is 4.79 Å². The van der Waals surface area contributed by atoms with Gasteiger partial charge in [0.05, 0.1) is 12.2 Å². The number of rotatable bonds is 6. The monoisotopic (exact) mass is 373 g/mol. The van der Waals surface area contributed by atoms with Gasteiger partial charge in [-0.05, 0) is 42.9 Å². The van der Waals surface area contributed by atoms with Crippen molar-refractivity contribution in [1.82, 2.24) is 0 Å². The molecule has 5 heteroatoms. The fourth-order valence-electron chi connectivity index (χ4n) is 2.89. The molecule has 2 aromatic rings. The largest absolute Gasteiger partial charge is 0.462 e. The van der Waals surface area contributed by atoms with Crippen molar-refractivity contribution in [1.29, 1.82) is 0 Å². The third-order valence-corrected chi connectivity index (χ3v) is 5.20. The van der Waals surface area contributed by atoms with Gasteiger partial charge in [0, 0.05) is 10.4 Å². The Bertz CT molecular complexity index is 759. The lowest BCUT2D eigenvalue weighted by Gasteiger charge is -2.22. The average molecular weight is 374 g/mol. The van der Waals surface area contributed by atoms with E-state index in [4.69, 9.17) is 4.74 Å². The van der Waals surface area contributed by atoms with Gasteiger partial charge < -0.3 is 10.1 Å². The van der Waals surface area contributed by atoms with Gasteiger partial charge in [0.25, 0.3) is 5.91 Å². The molecule has 0 spiro atoms. The molecule has 0 radical (unpaired) electrons. The molecule has 1 heterocycles. The minimum Gasteiger partial charge on any atom is -0.462 e. The number of esters is 1. The molecule has 0 aliphatic rings. The van der Waals surface area contributed by atoms with E-state index in [2.05, 4.69) is 33.0 Å². The maximum absolute atomic E-state index is 12.5. The van der Waals surface area contributed by atoms with Gasteiger partial charge in [0.15, 0.2) is 0 Å². The molecular weight excluding hydrogens is 346 g/mol. The molecule has 0 unspecified atom stereocenters. The minimum atomic E-state index is -0.402. The molecular formula is C21H27NO3S. The minimum absolute atomic E-state index is 0.181. The van der Waals surface area contributed by atoms with Crippen molar-refractivity contribution in [3.63, 3.8) is 0 Å². The Hall–Kier alpha value is -2.14. The first kappa shape index (κ1) is 20.2. The van der Waals surface area contributed by atoms with E-state index in [-0.39, 0.29) is 17.2 Å². The molecule has 0 aliphatic heterocycles. The average Bonchev–Trinajstić information content (AvgIpc) is 2.98. The molecule has 26 heavy (non-hydrogen) atoms. The van der Waals surface area contributed by atoms with Crippen molar-refractivity contribution in [2.75, 3.05) is 11.9 Å². The van der Waals surface area contributed by atoms with Gasteiger partial charge in [-0.3, -0.25) is 4.79 Å². The van der Waals surface area contributed by atoms with Crippen molar-refractivity contribution in [2.24, 2.45) is 5.41 Å². The number of nitrogens with one attached hydrogen (secondary N) is 1. The van der Waals surface area contributed by atoms with Crippen LogP contribution in [0.2, 0.25) is 0 Å². The second kappa shape index (κ2) is 8.49. The standard InChI is InChI=1S/C21H27NO3S/c1-6-25-20(24)16-12-17(14(2)13-21(3,4)5)26-19(16)22-18(23)15-10-8-7-9-11-15/h7-12,14H,6,13H2,1-5H3,(H,22,23)/t14-/m1/s1. The molecule has 1 amide bonds. The Morgan fingerprint density at radius 3 is 2.42 bits per heavy atom. The van der Waals surface area contributed by atoms with E-state index in [1.54, 1.807) is 19.1 Å². The molecule has 1 aromatic heterocycles. The van der Waals surface area contributed by atoms with Crippen LogP contribution < -0.4 is 5.32 Å². The van der Waals surface area contributed by atoms with E-state index in [1.807, 2.05) is 24.3 Å². The molecule has 0 aliphatic carbocycles. The molecule has 4 nitrogen and oxygen atoms in total. The predicted octanol–water partition coefficient (Wildman–Crippen LogP) is 5.72. The van der Waals surface area contributed by atoms with Crippen LogP contribution >= 0.6 is 11.3 Å². The van der Waals surface area contributed by atoms with Crippen LogP contribution in [0.5, 0.6) is 0 Å². The number of carbonyl (C=O) groups excluding carboxylic acids is 2. The normalized spacial score (nSPS) is 12.5. The molecule has 0 saturated carbocycles. The summed E-state index contributed by atoms with van der Waals surface area (Å²) in [6.45, 7) is 10.8. The SMILES string of the molecule is CCOC(=O)c1cc([C@H](C)CC(C)(C)C)sc1NC(=O)c1ccccc1. The van der Waals surface area contributed by atoms with Crippen molar-refractivity contribution < 1.29 is 14.3 Å². The number of thiophene rings is 1. The van der Waals surface area contributed by atoms with Crippen LogP contribution in [-0.2, 0) is 4.74 Å². The highest BCUT2D eigenvalue weighted by Crippen LogP contribution is 2.38. The first-order valence-electron chi connectivity index (χ1n) is 8.88. The Morgan fingerprint density at radius 1 is 1.19 bits per heavy atom. The lowest BCUT2D eigenvalue weighted by Crippen LogP contribution is -2.14. The topological polar surface area (TPSA) is 55.4 Å². The summed E-state index contributed by atoms with van der Waals surface area (Å²) in [4.78, 5) is 25.9. The zero-order valence-electron chi connectivity index (χ0n) is 16.1. The molecule has 2 rings (SSSR count). The fraction of sp³-hybridized carbons (Fsp3) is 0.429. The third kappa shape index (κ3) is 5.43. The van der Waals surface area contributed by atoms with Gasteiger partial charge in [-0.1, -0.05) is 45.9 Å². The van der Waals surface area contributed by atoms with Gasteiger partial charge in [-0.2, -0.15) is 0 Å². The quantitative estimate of drug-likeness (QED) is 0.659. The maximum atomic E-state index is 12.5. The van der Waals surface area contributed by atoms with Gasteiger partial charge in [0.1, 0.15) is 5.00 Å². The predicted molar refractivity (Wildman–Crippen MR) is 107 cm³/mol. The Morgan fingerprint density at radius 2 is 1.85 bits per heavy atom. The summed E-state index contributed by atoms with van der Waals surface area (Å²) in [5, 5.41) is 3.43. The van der Waals surface area contributed by atoms with Crippen LogP contribution in [-0.4, -0.2) is 18.5 Å². The van der Waals surface area contributed by atoms with Crippen LogP contribution in [0.4, 0.5) is 5.00 Å². The molecule has 1 N–H and O–H groups in total. The second-order valence-corrected chi connectivity index (χ2v) is 8.68. The van der Waals surface area contributed by atoms with Gasteiger partial charge >= 0.3 is 5.97 Å². The van der Waals surface area contributed by atoms with Crippen LogP contribution in [0, 0.1) is 5.41 Å². The highest BCUT2D eigenvalue weighted by Gasteiger charge is 2.24. The Labute approximate surface area is 159 Å². The lowest BCUT2D eigenvalue weighted by atomic mass is 9.85. The fourth-order valence-corrected chi connectivity index (χ4v) is 3.98. The van der Waals surface area contributed by atoms with E-state index >= 15 is 0 Å². The van der Waals surface area contributed by atoms with E-state index < -0.39 is 5.97 Å². The first-order chi connectivity index (χ1) is 12.2. The summed E-state index contributed by atoms with van der Waals surface area (Å²) in [5.74, 6) is -0.343. The van der Waals surface area contributed by atoms with Crippen molar-refractivity contribution in [3.05, 3.63) is 52.4 Å². The highest BCUT2D eigenvalue weighted by molar-refractivity contribution is 7.16. The van der Waals surface area contributed by atoms with Crippen LogP contribution in [0.15, 0.2) is 36.4 Å². The molecule has 0 fully saturated rings. The summed E-state index contributed by atoms with van der Waals surface area (Å²) >= 11 is 1.45. The maximum Gasteiger partial charge on any atom is 0.341 e. The lowest BCUT2D eigenvalue weighted by molar-refractivity contribution is 0.0528. The van der Waals surface area contributed by atoms with Gasteiger partial charge in [0.2, 0.25) is 0 Å². The van der Waals surface area contributed by atoms with E-state index in [9.17, 15) is 9.59 Å². The summed E-state index contributed by atoms with van der Waals surface area (Å²) in [6.07, 6.45) is 0.988. The number of hydrogen-bond donors (Lipinski definition) is 1. The van der Waals surface area contributed by atoms with Crippen molar-refractivity contribution in [3.8, 4) is 0 Å². The second-order valence-electron chi connectivity index (χ2n) is 7.60. The molecule has 0 bridgehead atoms. The smallest absolute Gasteiger partial charge is 0.341 e. The summed E-state index contributed by atoms with van der Waals surface area (Å²) in [6, 6.07) is 10.8. The Kier molecular flexibility index (Phi) is 6.59. The zero-order valence-corrected chi connectivity index (χ0v) is 16.9. The molecule has 140 valence electrons. The number of carbonyl (C=O) groups is 2. The zero-order chi connectivity index (χ0) is 19.3. The third-order valence-electron chi connectivity index (χ3n) is 3.91. The number of hydrogen-bond acceptors (Lipinski definition) is 4. The number of ether oxygens (including phenoxy) is 1. The van der Waals surface area contributed by atoms with Crippen LogP contribution in [0.3, 0.4) is 0 Å². The number of amides is 1.